The molecule has 2 aliphatic carbocycles. The summed E-state index contributed by atoms with van der Waals surface area (Å²) in [5.74, 6) is 1.55. The minimum atomic E-state index is -0.407. The van der Waals surface area contributed by atoms with Crippen LogP contribution in [0.1, 0.15) is 89.6 Å². The molecule has 3 rings (SSSR count). The summed E-state index contributed by atoms with van der Waals surface area (Å²) in [5.41, 5.74) is -0.407. The number of hydrogen-bond acceptors (Lipinski definition) is 4. The SMILES string of the molecule is CC(C)(C)C(=O)N[C@H](c1nccs1)C1CCC(CNC(=O)C2CCCCC2)CC1. The number of hydrogen-bond donors (Lipinski definition) is 2. The second-order valence-electron chi connectivity index (χ2n) is 9.93. The van der Waals surface area contributed by atoms with Gasteiger partial charge in [-0.1, -0.05) is 40.0 Å². The number of aromatic nitrogens is 1. The molecule has 2 saturated carbocycles. The van der Waals surface area contributed by atoms with Crippen molar-refractivity contribution in [1.29, 1.82) is 0 Å². The summed E-state index contributed by atoms with van der Waals surface area (Å²) in [7, 11) is 0. The van der Waals surface area contributed by atoms with E-state index in [1.54, 1.807) is 11.3 Å². The average molecular weight is 420 g/mol. The van der Waals surface area contributed by atoms with E-state index in [2.05, 4.69) is 15.6 Å². The predicted molar refractivity (Wildman–Crippen MR) is 117 cm³/mol. The van der Waals surface area contributed by atoms with E-state index in [0.29, 0.717) is 11.8 Å². The maximum Gasteiger partial charge on any atom is 0.225 e. The number of rotatable bonds is 6. The molecule has 162 valence electrons. The molecule has 2 aliphatic rings. The lowest BCUT2D eigenvalue weighted by Gasteiger charge is -2.35. The Balaban J connectivity index is 1.50. The lowest BCUT2D eigenvalue weighted by molar-refractivity contribution is -0.130. The van der Waals surface area contributed by atoms with Gasteiger partial charge in [0.1, 0.15) is 5.01 Å². The first-order chi connectivity index (χ1) is 13.8. The van der Waals surface area contributed by atoms with Gasteiger partial charge in [-0.15, -0.1) is 11.3 Å². The van der Waals surface area contributed by atoms with E-state index in [4.69, 9.17) is 0 Å². The lowest BCUT2D eigenvalue weighted by Crippen LogP contribution is -2.42. The van der Waals surface area contributed by atoms with E-state index in [0.717, 1.165) is 50.1 Å². The van der Waals surface area contributed by atoms with Gasteiger partial charge in [-0.3, -0.25) is 9.59 Å². The largest absolute Gasteiger partial charge is 0.356 e. The quantitative estimate of drug-likeness (QED) is 0.692. The van der Waals surface area contributed by atoms with Crippen LogP contribution in [0.4, 0.5) is 0 Å². The molecule has 0 aliphatic heterocycles. The zero-order valence-corrected chi connectivity index (χ0v) is 19.0. The summed E-state index contributed by atoms with van der Waals surface area (Å²) in [5, 5.41) is 9.50. The Hall–Kier alpha value is -1.43. The highest BCUT2D eigenvalue weighted by Gasteiger charge is 2.34. The fraction of sp³-hybridized carbons (Fsp3) is 0.783. The smallest absolute Gasteiger partial charge is 0.225 e. The molecular formula is C23H37N3O2S. The molecule has 5 nitrogen and oxygen atoms in total. The number of thiazole rings is 1. The van der Waals surface area contributed by atoms with Gasteiger partial charge in [0.15, 0.2) is 0 Å². The number of amides is 2. The van der Waals surface area contributed by atoms with Gasteiger partial charge in [0.05, 0.1) is 6.04 Å². The number of carbonyl (C=O) groups excluding carboxylic acids is 2. The third-order valence-corrected chi connectivity index (χ3v) is 7.45. The zero-order valence-electron chi connectivity index (χ0n) is 18.2. The first-order valence-corrected chi connectivity index (χ1v) is 12.2. The first kappa shape index (κ1) is 22.3. The number of carbonyl (C=O) groups is 2. The maximum absolute atomic E-state index is 12.6. The Bertz CT molecular complexity index is 654. The molecule has 0 bridgehead atoms. The van der Waals surface area contributed by atoms with Gasteiger partial charge < -0.3 is 10.6 Å². The number of nitrogens with zero attached hydrogens (tertiary/aromatic N) is 1. The molecule has 0 unspecified atom stereocenters. The molecule has 0 saturated heterocycles. The number of nitrogens with one attached hydrogen (secondary N) is 2. The fourth-order valence-electron chi connectivity index (χ4n) is 4.61. The second-order valence-corrected chi connectivity index (χ2v) is 10.9. The van der Waals surface area contributed by atoms with Crippen molar-refractivity contribution < 1.29 is 9.59 Å². The summed E-state index contributed by atoms with van der Waals surface area (Å²) in [6, 6.07) is -0.000458. The normalized spacial score (nSPS) is 24.7. The van der Waals surface area contributed by atoms with Crippen LogP contribution in [-0.2, 0) is 9.59 Å². The fourth-order valence-corrected chi connectivity index (χ4v) is 5.39. The van der Waals surface area contributed by atoms with Gasteiger partial charge in [0.2, 0.25) is 11.8 Å². The maximum atomic E-state index is 12.6. The molecule has 2 fully saturated rings. The van der Waals surface area contributed by atoms with Crippen LogP contribution in [0.5, 0.6) is 0 Å². The Labute approximate surface area is 179 Å². The van der Waals surface area contributed by atoms with Crippen molar-refractivity contribution in [3.8, 4) is 0 Å². The van der Waals surface area contributed by atoms with Gasteiger partial charge in [0.25, 0.3) is 0 Å². The Morgan fingerprint density at radius 2 is 1.79 bits per heavy atom. The van der Waals surface area contributed by atoms with Crippen molar-refractivity contribution in [3.05, 3.63) is 16.6 Å². The van der Waals surface area contributed by atoms with Crippen molar-refractivity contribution >= 4 is 23.2 Å². The highest BCUT2D eigenvalue weighted by Crippen LogP contribution is 2.38. The van der Waals surface area contributed by atoms with Crippen molar-refractivity contribution in [2.24, 2.45) is 23.2 Å². The van der Waals surface area contributed by atoms with Crippen LogP contribution in [0.15, 0.2) is 11.6 Å². The van der Waals surface area contributed by atoms with Gasteiger partial charge in [-0.05, 0) is 50.4 Å². The molecule has 0 radical (unpaired) electrons. The Morgan fingerprint density at radius 1 is 1.10 bits per heavy atom. The molecule has 29 heavy (non-hydrogen) atoms. The summed E-state index contributed by atoms with van der Waals surface area (Å²) >= 11 is 1.63. The molecule has 0 aromatic carbocycles. The van der Waals surface area contributed by atoms with Crippen LogP contribution < -0.4 is 10.6 Å². The van der Waals surface area contributed by atoms with Crippen LogP contribution in [-0.4, -0.2) is 23.3 Å². The monoisotopic (exact) mass is 419 g/mol. The molecule has 2 amide bonds. The van der Waals surface area contributed by atoms with Crippen molar-refractivity contribution in [2.45, 2.75) is 84.6 Å². The van der Waals surface area contributed by atoms with Gasteiger partial charge >= 0.3 is 0 Å². The minimum Gasteiger partial charge on any atom is -0.356 e. The third-order valence-electron chi connectivity index (χ3n) is 6.59. The van der Waals surface area contributed by atoms with Gasteiger partial charge in [-0.25, -0.2) is 4.98 Å². The lowest BCUT2D eigenvalue weighted by atomic mass is 9.78. The molecule has 1 aromatic rings. The Kier molecular flexibility index (Phi) is 7.72. The molecule has 1 atom stereocenters. The van der Waals surface area contributed by atoms with E-state index in [1.165, 1.54) is 19.3 Å². The molecular weight excluding hydrogens is 382 g/mol. The zero-order chi connectivity index (χ0) is 20.9. The van der Waals surface area contributed by atoms with E-state index in [-0.39, 0.29) is 23.8 Å². The van der Waals surface area contributed by atoms with Gasteiger partial charge in [-0.2, -0.15) is 0 Å². The van der Waals surface area contributed by atoms with Crippen molar-refractivity contribution in [2.75, 3.05) is 6.54 Å². The molecule has 6 heteroatoms. The van der Waals surface area contributed by atoms with Crippen LogP contribution in [0.3, 0.4) is 0 Å². The van der Waals surface area contributed by atoms with Crippen LogP contribution in [0, 0.1) is 23.2 Å². The van der Waals surface area contributed by atoms with E-state index >= 15 is 0 Å². The highest BCUT2D eigenvalue weighted by molar-refractivity contribution is 7.09. The second kappa shape index (κ2) is 10.1. The molecule has 1 heterocycles. The average Bonchev–Trinajstić information content (AvgIpc) is 3.25. The molecule has 1 aromatic heterocycles. The van der Waals surface area contributed by atoms with E-state index < -0.39 is 5.41 Å². The van der Waals surface area contributed by atoms with E-state index in [1.807, 2.05) is 32.3 Å². The predicted octanol–water partition coefficient (Wildman–Crippen LogP) is 4.85. The van der Waals surface area contributed by atoms with Gasteiger partial charge in [0, 0.05) is 29.5 Å². The third kappa shape index (κ3) is 6.27. The summed E-state index contributed by atoms with van der Waals surface area (Å²) in [6.45, 7) is 6.66. The van der Waals surface area contributed by atoms with Crippen LogP contribution in [0.25, 0.3) is 0 Å². The van der Waals surface area contributed by atoms with E-state index in [9.17, 15) is 9.59 Å². The summed E-state index contributed by atoms with van der Waals surface area (Å²) < 4.78 is 0. The first-order valence-electron chi connectivity index (χ1n) is 11.3. The Morgan fingerprint density at radius 3 is 2.38 bits per heavy atom. The topological polar surface area (TPSA) is 71.1 Å². The van der Waals surface area contributed by atoms with Crippen molar-refractivity contribution in [3.63, 3.8) is 0 Å². The van der Waals surface area contributed by atoms with Crippen LogP contribution >= 0.6 is 11.3 Å². The summed E-state index contributed by atoms with van der Waals surface area (Å²) in [4.78, 5) is 29.5. The van der Waals surface area contributed by atoms with Crippen LogP contribution in [0.2, 0.25) is 0 Å². The highest BCUT2D eigenvalue weighted by atomic mass is 32.1. The summed E-state index contributed by atoms with van der Waals surface area (Å²) in [6.07, 6.45) is 11.9. The minimum absolute atomic E-state index is 0.000458. The standard InChI is InChI=1S/C23H37N3O2S/c1-23(2,3)22(28)26-19(21-24-13-14-29-21)17-11-9-16(10-12-17)15-25-20(27)18-7-5-4-6-8-18/h13-14,16-19H,4-12,15H2,1-3H3,(H,25,27)(H,26,28)/t16?,17?,19-/m0/s1. The molecule has 0 spiro atoms. The van der Waals surface area contributed by atoms with Crippen molar-refractivity contribution in [1.82, 2.24) is 15.6 Å². The molecule has 2 N–H and O–H groups in total.